The van der Waals surface area contributed by atoms with E-state index in [0.717, 1.165) is 59.5 Å². The first-order valence-corrected chi connectivity index (χ1v) is 12.5. The molecular weight excluding hydrogens is 420 g/mol. The second-order valence-corrected chi connectivity index (χ2v) is 12.2. The van der Waals surface area contributed by atoms with Gasteiger partial charge in [-0.2, -0.15) is 0 Å². The Labute approximate surface area is 201 Å². The van der Waals surface area contributed by atoms with Crippen molar-refractivity contribution in [2.24, 2.45) is 10.4 Å². The quantitative estimate of drug-likeness (QED) is 0.500. The van der Waals surface area contributed by atoms with Gasteiger partial charge in [-0.3, -0.25) is 9.79 Å². The first-order valence-electron chi connectivity index (χ1n) is 12.5. The summed E-state index contributed by atoms with van der Waals surface area (Å²) < 4.78 is 0. The van der Waals surface area contributed by atoms with Crippen LogP contribution in [0.5, 0.6) is 0 Å². The van der Waals surface area contributed by atoms with Crippen molar-refractivity contribution >= 4 is 28.8 Å². The van der Waals surface area contributed by atoms with E-state index in [0.29, 0.717) is 0 Å². The number of nitrogens with one attached hydrogen (secondary N) is 1. The molecule has 0 saturated carbocycles. The third-order valence-electron chi connectivity index (χ3n) is 9.04. The number of nitrogens with zero attached hydrogens (tertiary/aromatic N) is 3. The molecule has 1 aromatic heterocycles. The van der Waals surface area contributed by atoms with E-state index in [-0.39, 0.29) is 28.2 Å². The van der Waals surface area contributed by atoms with Crippen LogP contribution < -0.4 is 0 Å². The number of fused-ring (bicyclic) bond motifs is 6. The summed E-state index contributed by atoms with van der Waals surface area (Å²) in [6.45, 7) is 14.5. The van der Waals surface area contributed by atoms with Gasteiger partial charge in [0.1, 0.15) is 5.82 Å². The van der Waals surface area contributed by atoms with Crippen molar-refractivity contribution < 1.29 is 4.79 Å². The molecule has 5 nitrogen and oxygen atoms in total. The number of benzene rings is 2. The number of rotatable bonds is 1. The summed E-state index contributed by atoms with van der Waals surface area (Å²) in [6, 6.07) is 10.8. The average Bonchev–Trinajstić information content (AvgIpc) is 3.41. The SMILES string of the molecule is CC(C)(C)c1nc2cc3c(cc2[nH]1)C[C@H]1N(C(=O)c2ccc4c(c2)CC=N4)CC[C@]3(C)C1(C)C. The highest BCUT2D eigenvalue weighted by Gasteiger charge is 2.57. The Morgan fingerprint density at radius 2 is 1.91 bits per heavy atom. The predicted octanol–water partition coefficient (Wildman–Crippen LogP) is 5.87. The van der Waals surface area contributed by atoms with Gasteiger partial charge in [-0.15, -0.1) is 0 Å². The number of likely N-dealkylation sites (tertiary alicyclic amines) is 1. The second-order valence-electron chi connectivity index (χ2n) is 12.2. The minimum absolute atomic E-state index is 0.0111. The Morgan fingerprint density at radius 1 is 1.12 bits per heavy atom. The van der Waals surface area contributed by atoms with Crippen molar-refractivity contribution in [1.82, 2.24) is 14.9 Å². The van der Waals surface area contributed by atoms with Crippen LogP contribution in [0.25, 0.3) is 11.0 Å². The smallest absolute Gasteiger partial charge is 0.254 e. The molecule has 1 fully saturated rings. The molecule has 3 aliphatic rings. The molecule has 1 N–H and O–H groups in total. The first kappa shape index (κ1) is 21.6. The van der Waals surface area contributed by atoms with Gasteiger partial charge in [-0.1, -0.05) is 41.5 Å². The molecule has 6 rings (SSSR count). The molecule has 3 aromatic rings. The monoisotopic (exact) mass is 454 g/mol. The van der Waals surface area contributed by atoms with E-state index < -0.39 is 0 Å². The summed E-state index contributed by atoms with van der Waals surface area (Å²) >= 11 is 0. The van der Waals surface area contributed by atoms with Crippen LogP contribution >= 0.6 is 0 Å². The summed E-state index contributed by atoms with van der Waals surface area (Å²) in [7, 11) is 0. The Bertz CT molecular complexity index is 1370. The van der Waals surface area contributed by atoms with E-state index in [1.165, 1.54) is 11.1 Å². The van der Waals surface area contributed by atoms with Crippen molar-refractivity contribution in [3.8, 4) is 0 Å². The number of imidazole rings is 1. The lowest BCUT2D eigenvalue weighted by atomic mass is 9.51. The number of carbonyl (C=O) groups excluding carboxylic acids is 1. The number of aromatic amines is 1. The number of hydrogen-bond acceptors (Lipinski definition) is 3. The molecule has 2 atom stereocenters. The Morgan fingerprint density at radius 3 is 2.68 bits per heavy atom. The Balaban J connectivity index is 1.41. The molecule has 3 heterocycles. The zero-order valence-corrected chi connectivity index (χ0v) is 21.1. The zero-order chi connectivity index (χ0) is 24.0. The van der Waals surface area contributed by atoms with Crippen molar-refractivity contribution in [2.75, 3.05) is 6.54 Å². The van der Waals surface area contributed by atoms with Gasteiger partial charge < -0.3 is 9.88 Å². The largest absolute Gasteiger partial charge is 0.342 e. The van der Waals surface area contributed by atoms with E-state index in [1.54, 1.807) is 0 Å². The van der Waals surface area contributed by atoms with E-state index in [4.69, 9.17) is 4.98 Å². The van der Waals surface area contributed by atoms with E-state index >= 15 is 0 Å². The van der Waals surface area contributed by atoms with Gasteiger partial charge in [0, 0.05) is 41.6 Å². The van der Waals surface area contributed by atoms with Gasteiger partial charge in [0.05, 0.1) is 16.7 Å². The normalized spacial score (nSPS) is 24.9. The topological polar surface area (TPSA) is 61.4 Å². The lowest BCUT2D eigenvalue weighted by Crippen LogP contribution is -2.64. The van der Waals surface area contributed by atoms with E-state index in [9.17, 15) is 4.79 Å². The van der Waals surface area contributed by atoms with Gasteiger partial charge in [0.2, 0.25) is 0 Å². The van der Waals surface area contributed by atoms with Crippen LogP contribution in [-0.4, -0.2) is 39.6 Å². The fraction of sp³-hybridized carbons (Fsp3) is 0.483. The van der Waals surface area contributed by atoms with Crippen molar-refractivity contribution in [3.63, 3.8) is 0 Å². The van der Waals surface area contributed by atoms with Crippen LogP contribution in [0.15, 0.2) is 35.3 Å². The maximum Gasteiger partial charge on any atom is 0.254 e. The molecule has 5 heteroatoms. The molecule has 0 radical (unpaired) electrons. The molecule has 2 aromatic carbocycles. The van der Waals surface area contributed by atoms with Crippen molar-refractivity contribution in [3.05, 3.63) is 58.4 Å². The maximum absolute atomic E-state index is 13.8. The highest BCUT2D eigenvalue weighted by Crippen LogP contribution is 2.56. The number of piperidine rings is 1. The van der Waals surface area contributed by atoms with Crippen LogP contribution in [-0.2, 0) is 23.7 Å². The van der Waals surface area contributed by atoms with Crippen LogP contribution in [0.4, 0.5) is 5.69 Å². The molecule has 34 heavy (non-hydrogen) atoms. The number of aliphatic imine (C=N–C) groups is 1. The summed E-state index contributed by atoms with van der Waals surface area (Å²) in [6.07, 6.45) is 4.56. The van der Waals surface area contributed by atoms with Gasteiger partial charge in [-0.25, -0.2) is 4.98 Å². The molecule has 1 saturated heterocycles. The summed E-state index contributed by atoms with van der Waals surface area (Å²) in [5.74, 6) is 1.17. The Kier molecular flexibility index (Phi) is 4.32. The van der Waals surface area contributed by atoms with Crippen LogP contribution in [0.1, 0.15) is 80.8 Å². The minimum Gasteiger partial charge on any atom is -0.342 e. The fourth-order valence-corrected chi connectivity index (χ4v) is 6.43. The van der Waals surface area contributed by atoms with Crippen LogP contribution in [0.2, 0.25) is 0 Å². The van der Waals surface area contributed by atoms with Crippen molar-refractivity contribution in [2.45, 2.75) is 77.7 Å². The maximum atomic E-state index is 13.8. The molecule has 2 bridgehead atoms. The lowest BCUT2D eigenvalue weighted by molar-refractivity contribution is -0.0261. The number of aromatic nitrogens is 2. The van der Waals surface area contributed by atoms with Gasteiger partial charge in [0.25, 0.3) is 5.91 Å². The molecular formula is C29H34N4O. The third-order valence-corrected chi connectivity index (χ3v) is 9.04. The molecule has 2 aliphatic heterocycles. The van der Waals surface area contributed by atoms with E-state index in [1.807, 2.05) is 24.4 Å². The lowest BCUT2D eigenvalue weighted by Gasteiger charge is -2.60. The second kappa shape index (κ2) is 6.80. The standard InChI is InChI=1S/C29H34N4O/c1-27(2,3)26-31-22-14-19-15-24-28(4,5)29(6,20(19)16-23(22)32-26)10-12-33(24)25(34)18-7-8-21-17(13-18)9-11-30-21/h7-8,11,13-14,16,24H,9-10,12,15H2,1-6H3,(H,31,32)/t24-,29+/m1/s1. The molecule has 0 unspecified atom stereocenters. The Hall–Kier alpha value is -2.95. The average molecular weight is 455 g/mol. The zero-order valence-electron chi connectivity index (χ0n) is 21.1. The summed E-state index contributed by atoms with van der Waals surface area (Å²) in [4.78, 5) is 28.9. The van der Waals surface area contributed by atoms with Crippen molar-refractivity contribution in [1.29, 1.82) is 0 Å². The van der Waals surface area contributed by atoms with E-state index in [2.05, 4.69) is 68.6 Å². The summed E-state index contributed by atoms with van der Waals surface area (Å²) in [5, 5.41) is 0. The first-order chi connectivity index (χ1) is 16.0. The third kappa shape index (κ3) is 2.88. The van der Waals surface area contributed by atoms with Gasteiger partial charge >= 0.3 is 0 Å². The molecule has 1 aliphatic carbocycles. The number of hydrogen-bond donors (Lipinski definition) is 1. The fourth-order valence-electron chi connectivity index (χ4n) is 6.43. The summed E-state index contributed by atoms with van der Waals surface area (Å²) in [5.41, 5.74) is 7.76. The predicted molar refractivity (Wildman–Crippen MR) is 137 cm³/mol. The number of H-pyrrole nitrogens is 1. The van der Waals surface area contributed by atoms with Gasteiger partial charge in [0.15, 0.2) is 0 Å². The molecule has 176 valence electrons. The number of carbonyl (C=O) groups is 1. The van der Waals surface area contributed by atoms with Crippen LogP contribution in [0, 0.1) is 5.41 Å². The highest BCUT2D eigenvalue weighted by molar-refractivity contribution is 5.96. The van der Waals surface area contributed by atoms with Gasteiger partial charge in [-0.05, 0) is 65.3 Å². The van der Waals surface area contributed by atoms with Crippen LogP contribution in [0.3, 0.4) is 0 Å². The molecule has 0 spiro atoms. The minimum atomic E-state index is -0.0510. The molecule has 1 amide bonds. The number of amides is 1. The highest BCUT2D eigenvalue weighted by atomic mass is 16.2.